The molecule has 0 radical (unpaired) electrons. The molecule has 0 N–H and O–H groups in total. The lowest BCUT2D eigenvalue weighted by Gasteiger charge is -2.65. The van der Waals surface area contributed by atoms with E-state index in [1.54, 1.807) is 38.5 Å². The van der Waals surface area contributed by atoms with Crippen molar-refractivity contribution in [2.45, 2.75) is 238 Å². The molecule has 8 fully saturated rings. The molecule has 0 spiro atoms. The summed E-state index contributed by atoms with van der Waals surface area (Å²) in [6, 6.07) is 0. The molecule has 0 nitrogen and oxygen atoms in total. The highest BCUT2D eigenvalue weighted by Crippen LogP contribution is 2.73. The molecule has 0 aromatic carbocycles. The molecule has 0 amide bonds. The Hall–Kier alpha value is -0.260. The van der Waals surface area contributed by atoms with E-state index < -0.39 is 0 Å². The molecule has 8 aliphatic rings. The average molecular weight is 799 g/mol. The molecule has 0 aliphatic heterocycles. The van der Waals surface area contributed by atoms with Crippen LogP contribution in [0.2, 0.25) is 0 Å². The van der Waals surface area contributed by atoms with Crippen LogP contribution in [0.25, 0.3) is 0 Å². The van der Waals surface area contributed by atoms with Crippen molar-refractivity contribution in [3.63, 3.8) is 0 Å². The largest absolute Gasteiger partial charge is 0.0917 e. The Kier molecular flexibility index (Phi) is 13.4. The van der Waals surface area contributed by atoms with Gasteiger partial charge in [0.1, 0.15) is 0 Å². The highest BCUT2D eigenvalue weighted by atomic mass is 14.7. The fraction of sp³-hybridized carbons (Fsp3) is 0.966. The quantitative estimate of drug-likeness (QED) is 0.161. The van der Waals surface area contributed by atoms with Crippen LogP contribution < -0.4 is 0 Å². The van der Waals surface area contributed by atoms with Crippen LogP contribution in [0.1, 0.15) is 238 Å². The fourth-order valence-corrected chi connectivity index (χ4v) is 20.2. The van der Waals surface area contributed by atoms with Crippen molar-refractivity contribution in [2.75, 3.05) is 0 Å². The molecule has 58 heavy (non-hydrogen) atoms. The third-order valence-electron chi connectivity index (χ3n) is 24.1. The van der Waals surface area contributed by atoms with Crippen molar-refractivity contribution >= 4 is 0 Å². The van der Waals surface area contributed by atoms with Gasteiger partial charge in [-0.2, -0.15) is 0 Å². The number of rotatable bonds is 9. The van der Waals surface area contributed by atoms with Crippen LogP contribution in [0.4, 0.5) is 0 Å². The molecule has 18 unspecified atom stereocenters. The highest BCUT2D eigenvalue weighted by molar-refractivity contribution is 5.14. The molecule has 8 aliphatic carbocycles. The summed E-state index contributed by atoms with van der Waals surface area (Å²) >= 11 is 0. The van der Waals surface area contributed by atoms with Crippen molar-refractivity contribution in [3.05, 3.63) is 12.2 Å². The Bertz CT molecular complexity index is 1400. The van der Waals surface area contributed by atoms with Gasteiger partial charge in [0, 0.05) is 0 Å². The zero-order valence-corrected chi connectivity index (χ0v) is 41.8. The Morgan fingerprint density at radius 2 is 0.897 bits per heavy atom. The second kappa shape index (κ2) is 17.0. The first-order chi connectivity index (χ1) is 27.3. The fourth-order valence-electron chi connectivity index (χ4n) is 20.2. The molecule has 0 aromatic heterocycles. The SMILES string of the molecule is C/C=C\CCC(C)C1CCC2C3CCC4C(C)(C)C(C)CCC4(C)C3CCC12C.CCCCCC(C)C1CCC2C3CCC4C(C)(C)C(C)CCC4(C)C3CCC12C. The standard InChI is InChI=1S/C29H52.C29H50/c2*1-8-9-10-11-20(2)23-13-14-24-22-12-15-26-27(4,5)21(3)16-18-29(26,7)25(22)17-19-28(23,24)6/h20-26H,8-19H2,1-7H3;8-9,20-26H,10-19H2,1-7H3/b;9-8-. The summed E-state index contributed by atoms with van der Waals surface area (Å²) in [6.45, 7) is 36.3. The predicted octanol–water partition coefficient (Wildman–Crippen LogP) is 18.0. The summed E-state index contributed by atoms with van der Waals surface area (Å²) in [6.07, 6.45) is 37.5. The minimum Gasteiger partial charge on any atom is -0.0917 e. The van der Waals surface area contributed by atoms with Gasteiger partial charge in [0.15, 0.2) is 0 Å². The molecule has 0 aromatic rings. The molecule has 0 heterocycles. The Balaban J connectivity index is 0.000000177. The van der Waals surface area contributed by atoms with E-state index in [9.17, 15) is 0 Å². The van der Waals surface area contributed by atoms with E-state index in [0.717, 1.165) is 82.9 Å². The summed E-state index contributed by atoms with van der Waals surface area (Å²) in [5.41, 5.74) is 3.63. The first kappa shape index (κ1) is 45.8. The molecule has 0 bridgehead atoms. The molecule has 8 rings (SSSR count). The zero-order valence-electron chi connectivity index (χ0n) is 41.8. The van der Waals surface area contributed by atoms with Crippen molar-refractivity contribution in [2.24, 2.45) is 115 Å². The Morgan fingerprint density at radius 1 is 0.483 bits per heavy atom. The Morgan fingerprint density at radius 3 is 1.33 bits per heavy atom. The zero-order chi connectivity index (χ0) is 42.1. The van der Waals surface area contributed by atoms with Gasteiger partial charge >= 0.3 is 0 Å². The van der Waals surface area contributed by atoms with Crippen molar-refractivity contribution < 1.29 is 0 Å². The van der Waals surface area contributed by atoms with E-state index in [4.69, 9.17) is 0 Å². The lowest BCUT2D eigenvalue weighted by molar-refractivity contribution is -0.161. The predicted molar refractivity (Wildman–Crippen MR) is 254 cm³/mol. The molecule has 334 valence electrons. The van der Waals surface area contributed by atoms with Crippen molar-refractivity contribution in [1.29, 1.82) is 0 Å². The number of hydrogen-bond donors (Lipinski definition) is 0. The van der Waals surface area contributed by atoms with Gasteiger partial charge in [-0.25, -0.2) is 0 Å². The average Bonchev–Trinajstić information content (AvgIpc) is 3.72. The topological polar surface area (TPSA) is 0 Å². The molecule has 8 saturated carbocycles. The van der Waals surface area contributed by atoms with E-state index in [0.29, 0.717) is 32.5 Å². The lowest BCUT2D eigenvalue weighted by Crippen LogP contribution is -2.57. The van der Waals surface area contributed by atoms with Crippen LogP contribution in [0, 0.1) is 115 Å². The van der Waals surface area contributed by atoms with Gasteiger partial charge in [0.2, 0.25) is 0 Å². The van der Waals surface area contributed by atoms with Crippen LogP contribution in [0.15, 0.2) is 12.2 Å². The summed E-state index contributed by atoms with van der Waals surface area (Å²) in [4.78, 5) is 0. The maximum Gasteiger partial charge on any atom is -0.0261 e. The van der Waals surface area contributed by atoms with Gasteiger partial charge in [-0.05, 0) is 238 Å². The second-order valence-electron chi connectivity index (χ2n) is 26.6. The molecule has 0 heteroatoms. The first-order valence-electron chi connectivity index (χ1n) is 26.9. The normalized spacial score (nSPS) is 49.9. The maximum absolute atomic E-state index is 2.75. The number of allylic oxidation sites excluding steroid dienone is 2. The third-order valence-corrected chi connectivity index (χ3v) is 24.1. The lowest BCUT2D eigenvalue weighted by atomic mass is 9.40. The highest BCUT2D eigenvalue weighted by Gasteiger charge is 2.64. The van der Waals surface area contributed by atoms with Gasteiger partial charge in [0.05, 0.1) is 0 Å². The number of fused-ring (bicyclic) bond motifs is 10. The summed E-state index contributed by atoms with van der Waals surface area (Å²) in [5.74, 6) is 13.8. The number of unbranched alkanes of at least 4 members (excludes halogenated alkanes) is 2. The molecular weight excluding hydrogens is 697 g/mol. The molecule has 0 saturated heterocycles. The summed E-state index contributed by atoms with van der Waals surface area (Å²) < 4.78 is 0. The van der Waals surface area contributed by atoms with Crippen molar-refractivity contribution in [1.82, 2.24) is 0 Å². The maximum atomic E-state index is 2.75. The Labute approximate surface area is 364 Å². The van der Waals surface area contributed by atoms with Crippen LogP contribution in [-0.2, 0) is 0 Å². The van der Waals surface area contributed by atoms with E-state index in [-0.39, 0.29) is 0 Å². The van der Waals surface area contributed by atoms with E-state index >= 15 is 0 Å². The minimum absolute atomic E-state index is 0.540. The molecular formula is C58H102. The van der Waals surface area contributed by atoms with Crippen LogP contribution in [0.3, 0.4) is 0 Å². The van der Waals surface area contributed by atoms with E-state index in [1.165, 1.54) is 103 Å². The minimum atomic E-state index is 0.540. The van der Waals surface area contributed by atoms with E-state index in [2.05, 4.69) is 109 Å². The van der Waals surface area contributed by atoms with Crippen molar-refractivity contribution in [3.8, 4) is 0 Å². The van der Waals surface area contributed by atoms with Crippen LogP contribution in [-0.4, -0.2) is 0 Å². The summed E-state index contributed by atoms with van der Waals surface area (Å²) in [5, 5.41) is 0. The van der Waals surface area contributed by atoms with Gasteiger partial charge in [-0.1, -0.05) is 128 Å². The molecule has 18 atom stereocenters. The van der Waals surface area contributed by atoms with Gasteiger partial charge in [-0.15, -0.1) is 0 Å². The number of hydrogen-bond acceptors (Lipinski definition) is 0. The van der Waals surface area contributed by atoms with Gasteiger partial charge in [-0.3, -0.25) is 0 Å². The smallest absolute Gasteiger partial charge is 0.0261 e. The summed E-state index contributed by atoms with van der Waals surface area (Å²) in [7, 11) is 0. The van der Waals surface area contributed by atoms with Crippen LogP contribution >= 0.6 is 0 Å². The van der Waals surface area contributed by atoms with Crippen LogP contribution in [0.5, 0.6) is 0 Å². The van der Waals surface area contributed by atoms with Gasteiger partial charge < -0.3 is 0 Å². The van der Waals surface area contributed by atoms with Gasteiger partial charge in [0.25, 0.3) is 0 Å². The van der Waals surface area contributed by atoms with E-state index in [1.807, 2.05) is 0 Å². The third kappa shape index (κ3) is 7.45. The second-order valence-corrected chi connectivity index (χ2v) is 26.6. The monoisotopic (exact) mass is 799 g/mol. The first-order valence-corrected chi connectivity index (χ1v) is 26.9.